The van der Waals surface area contributed by atoms with Crippen LogP contribution in [-0.2, 0) is 19.1 Å². The average molecular weight is 307 g/mol. The van der Waals surface area contributed by atoms with Gasteiger partial charge in [0.1, 0.15) is 5.57 Å². The van der Waals surface area contributed by atoms with E-state index in [-0.39, 0.29) is 0 Å². The third-order valence-electron chi connectivity index (χ3n) is 1.74. The summed E-state index contributed by atoms with van der Waals surface area (Å²) < 4.78 is 75.3. The summed E-state index contributed by atoms with van der Waals surface area (Å²) in [6.45, 7) is 3.04. The highest BCUT2D eigenvalue weighted by molar-refractivity contribution is 6.00. The van der Waals surface area contributed by atoms with Crippen LogP contribution < -0.4 is 5.32 Å². The normalized spacial score (nSPS) is 13.3. The molecule has 114 valence electrons. The second-order valence-corrected chi connectivity index (χ2v) is 3.34. The number of carbonyl (C=O) groups is 3. The molecule has 0 rings (SSSR count). The van der Waals surface area contributed by atoms with Crippen LogP contribution in [0.3, 0.4) is 0 Å². The van der Waals surface area contributed by atoms with E-state index in [0.29, 0.717) is 6.92 Å². The van der Waals surface area contributed by atoms with E-state index in [1.54, 1.807) is 0 Å². The Kier molecular flexibility index (Phi) is 5.31. The number of ether oxygens (including phenoxy) is 1. The number of nitrogens with one attached hydrogen (secondary N) is 1. The minimum Gasteiger partial charge on any atom is -0.449 e. The van der Waals surface area contributed by atoms with Crippen LogP contribution in [0.4, 0.5) is 26.3 Å². The molecule has 0 radical (unpaired) electrons. The molecular weight excluding hydrogens is 300 g/mol. The summed E-state index contributed by atoms with van der Waals surface area (Å²) in [5.41, 5.74) is -1.95. The average Bonchev–Trinajstić information content (AvgIpc) is 2.24. The molecule has 0 spiro atoms. The molecule has 0 aliphatic rings. The fourth-order valence-corrected chi connectivity index (χ4v) is 0.685. The predicted molar refractivity (Wildman–Crippen MR) is 50.0 cm³/mol. The molecule has 0 fully saturated rings. The molecule has 2 amide bonds. The smallest absolute Gasteiger partial charge is 0.449 e. The molecule has 0 heterocycles. The summed E-state index contributed by atoms with van der Waals surface area (Å²) in [7, 11) is 0. The number of hydrogen-bond donors (Lipinski definition) is 1. The van der Waals surface area contributed by atoms with Crippen molar-refractivity contribution in [3.8, 4) is 0 Å². The first-order valence-electron chi connectivity index (χ1n) is 4.66. The van der Waals surface area contributed by atoms with Crippen LogP contribution >= 0.6 is 0 Å². The minimum absolute atomic E-state index is 0.681. The maximum atomic E-state index is 12.0. The molecule has 0 aromatic carbocycles. The number of hydrogen-bond acceptors (Lipinski definition) is 4. The van der Waals surface area contributed by atoms with Gasteiger partial charge in [0, 0.05) is 0 Å². The van der Waals surface area contributed by atoms with Crippen LogP contribution in [0.25, 0.3) is 0 Å². The van der Waals surface area contributed by atoms with Crippen LogP contribution in [0.5, 0.6) is 0 Å². The van der Waals surface area contributed by atoms with E-state index in [0.717, 1.165) is 5.32 Å². The summed E-state index contributed by atoms with van der Waals surface area (Å²) >= 11 is 0. The first-order valence-corrected chi connectivity index (χ1v) is 4.66. The monoisotopic (exact) mass is 307 g/mol. The van der Waals surface area contributed by atoms with Crippen LogP contribution in [0.1, 0.15) is 6.92 Å². The number of carbonyl (C=O) groups excluding carboxylic acids is 3. The van der Waals surface area contributed by atoms with Gasteiger partial charge < -0.3 is 4.74 Å². The molecule has 5 nitrogen and oxygen atoms in total. The van der Waals surface area contributed by atoms with Crippen LogP contribution in [0.2, 0.25) is 0 Å². The van der Waals surface area contributed by atoms with Crippen LogP contribution in [0, 0.1) is 0 Å². The van der Waals surface area contributed by atoms with Gasteiger partial charge in [-0.1, -0.05) is 6.58 Å². The van der Waals surface area contributed by atoms with Gasteiger partial charge >= 0.3 is 24.2 Å². The van der Waals surface area contributed by atoms with E-state index >= 15 is 0 Å². The van der Waals surface area contributed by atoms with Gasteiger partial charge in [-0.15, -0.1) is 0 Å². The fourth-order valence-electron chi connectivity index (χ4n) is 0.685. The molecule has 0 bridgehead atoms. The quantitative estimate of drug-likeness (QED) is 0.484. The van der Waals surface area contributed by atoms with Gasteiger partial charge in [0.25, 0.3) is 5.91 Å². The SMILES string of the molecule is C=C(C(=O)OC(C)C(=O)NC(=O)C(F)(F)F)C(F)(F)F. The Hall–Kier alpha value is -2.07. The van der Waals surface area contributed by atoms with Crippen molar-refractivity contribution in [2.24, 2.45) is 0 Å². The minimum atomic E-state index is -5.37. The zero-order chi connectivity index (χ0) is 16.3. The van der Waals surface area contributed by atoms with Crippen molar-refractivity contribution in [3.05, 3.63) is 12.2 Å². The zero-order valence-corrected chi connectivity index (χ0v) is 9.69. The lowest BCUT2D eigenvalue weighted by Crippen LogP contribution is -2.45. The molecule has 0 aromatic rings. The second-order valence-electron chi connectivity index (χ2n) is 3.34. The number of esters is 1. The lowest BCUT2D eigenvalue weighted by molar-refractivity contribution is -0.176. The summed E-state index contributed by atoms with van der Waals surface area (Å²) in [4.78, 5) is 32.2. The number of alkyl halides is 6. The Morgan fingerprint density at radius 3 is 1.85 bits per heavy atom. The van der Waals surface area contributed by atoms with E-state index in [2.05, 4.69) is 11.3 Å². The highest BCUT2D eigenvalue weighted by Crippen LogP contribution is 2.25. The van der Waals surface area contributed by atoms with E-state index in [1.165, 1.54) is 0 Å². The van der Waals surface area contributed by atoms with Gasteiger partial charge in [0.15, 0.2) is 6.10 Å². The second kappa shape index (κ2) is 5.92. The first kappa shape index (κ1) is 17.9. The Bertz CT molecular complexity index is 439. The van der Waals surface area contributed by atoms with Crippen molar-refractivity contribution in [2.75, 3.05) is 0 Å². The van der Waals surface area contributed by atoms with E-state index in [4.69, 9.17) is 0 Å². The van der Waals surface area contributed by atoms with Crippen molar-refractivity contribution in [3.63, 3.8) is 0 Å². The van der Waals surface area contributed by atoms with Gasteiger partial charge in [-0.05, 0) is 6.92 Å². The van der Waals surface area contributed by atoms with E-state index in [9.17, 15) is 40.7 Å². The van der Waals surface area contributed by atoms with Crippen molar-refractivity contribution >= 4 is 17.8 Å². The zero-order valence-electron chi connectivity index (χ0n) is 9.69. The lowest BCUT2D eigenvalue weighted by atomic mass is 10.3. The molecule has 1 N–H and O–H groups in total. The summed E-state index contributed by atoms with van der Waals surface area (Å²) in [6.07, 6.45) is -12.5. The van der Waals surface area contributed by atoms with E-state index in [1.807, 2.05) is 0 Å². The van der Waals surface area contributed by atoms with Gasteiger partial charge in [-0.25, -0.2) is 4.79 Å². The molecule has 1 atom stereocenters. The van der Waals surface area contributed by atoms with Gasteiger partial charge in [0.2, 0.25) is 0 Å². The van der Waals surface area contributed by atoms with Crippen molar-refractivity contribution in [1.29, 1.82) is 0 Å². The highest BCUT2D eigenvalue weighted by atomic mass is 19.4. The third-order valence-corrected chi connectivity index (χ3v) is 1.74. The lowest BCUT2D eigenvalue weighted by Gasteiger charge is -2.15. The summed E-state index contributed by atoms with van der Waals surface area (Å²) in [5, 5.41) is 0.812. The van der Waals surface area contributed by atoms with Crippen LogP contribution in [-0.4, -0.2) is 36.2 Å². The maximum absolute atomic E-state index is 12.0. The Labute approximate surface area is 107 Å². The Morgan fingerprint density at radius 1 is 1.05 bits per heavy atom. The number of halogens is 6. The van der Waals surface area contributed by atoms with Gasteiger partial charge in [-0.3, -0.25) is 14.9 Å². The predicted octanol–water partition coefficient (Wildman–Crippen LogP) is 1.24. The molecule has 0 saturated heterocycles. The number of amides is 2. The topological polar surface area (TPSA) is 72.5 Å². The summed E-state index contributed by atoms with van der Waals surface area (Å²) in [5.74, 6) is -6.41. The highest BCUT2D eigenvalue weighted by Gasteiger charge is 2.42. The van der Waals surface area contributed by atoms with Gasteiger partial charge in [-0.2, -0.15) is 26.3 Å². The molecule has 11 heteroatoms. The molecule has 1 unspecified atom stereocenters. The molecule has 0 saturated carbocycles. The molecule has 20 heavy (non-hydrogen) atoms. The largest absolute Gasteiger partial charge is 0.471 e. The Balaban J connectivity index is 4.60. The van der Waals surface area contributed by atoms with Crippen molar-refractivity contribution < 1.29 is 45.5 Å². The maximum Gasteiger partial charge on any atom is 0.471 e. The molecule has 0 aliphatic carbocycles. The van der Waals surface area contributed by atoms with Crippen LogP contribution in [0.15, 0.2) is 12.2 Å². The van der Waals surface area contributed by atoms with Crippen molar-refractivity contribution in [1.82, 2.24) is 5.32 Å². The first-order chi connectivity index (χ1) is 8.76. The third kappa shape index (κ3) is 5.28. The number of imide groups is 1. The molecule has 0 aliphatic heterocycles. The fraction of sp³-hybridized carbons (Fsp3) is 0.444. The van der Waals surface area contributed by atoms with E-state index < -0.39 is 41.8 Å². The van der Waals surface area contributed by atoms with Gasteiger partial charge in [0.05, 0.1) is 0 Å². The Morgan fingerprint density at radius 2 is 1.50 bits per heavy atom. The summed E-state index contributed by atoms with van der Waals surface area (Å²) in [6, 6.07) is 0. The van der Waals surface area contributed by atoms with Crippen molar-refractivity contribution in [2.45, 2.75) is 25.4 Å². The molecule has 0 aromatic heterocycles. The molecular formula is C9H7F6NO4. The standard InChI is InChI=1S/C9H7F6NO4/c1-3(8(10,11)12)6(18)20-4(2)5(17)16-7(19)9(13,14)15/h4H,1H2,2H3,(H,16,17,19). The number of rotatable bonds is 3.